The van der Waals surface area contributed by atoms with Crippen molar-refractivity contribution in [1.29, 1.82) is 0 Å². The molecule has 0 bridgehead atoms. The van der Waals surface area contributed by atoms with E-state index in [0.717, 1.165) is 0 Å². The van der Waals surface area contributed by atoms with Gasteiger partial charge in [-0.05, 0) is 32.4 Å². The summed E-state index contributed by atoms with van der Waals surface area (Å²) in [5, 5.41) is 10.4. The van der Waals surface area contributed by atoms with Gasteiger partial charge in [-0.15, -0.1) is 0 Å². The number of H-pyrrole nitrogens is 1. The number of hydrogen-bond acceptors (Lipinski definition) is 4. The number of nitrogens with zero attached hydrogens (tertiary/aromatic N) is 4. The largest absolute Gasteiger partial charge is 0.368 e. The van der Waals surface area contributed by atoms with Crippen LogP contribution in [0.25, 0.3) is 27.7 Å². The Kier molecular flexibility index (Phi) is 5.00. The molecule has 32 heavy (non-hydrogen) atoms. The molecule has 5 rings (SSSR count). The summed E-state index contributed by atoms with van der Waals surface area (Å²) in [7, 11) is 0. The van der Waals surface area contributed by atoms with Gasteiger partial charge in [0.05, 0.1) is 28.9 Å². The van der Waals surface area contributed by atoms with E-state index < -0.39 is 17.9 Å². The highest BCUT2D eigenvalue weighted by atomic mass is 35.5. The maximum atomic E-state index is 15.4. The number of halogens is 3. The van der Waals surface area contributed by atoms with Crippen LogP contribution >= 0.6 is 11.6 Å². The number of nitrogens with one attached hydrogen (secondary N) is 2. The molecule has 1 aliphatic rings. The number of hydrogen-bond donors (Lipinski definition) is 2. The van der Waals surface area contributed by atoms with E-state index >= 15 is 4.39 Å². The molecule has 1 aliphatic carbocycles. The van der Waals surface area contributed by atoms with Gasteiger partial charge in [0.2, 0.25) is 5.91 Å². The zero-order valence-corrected chi connectivity index (χ0v) is 18.2. The number of imidazole rings is 1. The van der Waals surface area contributed by atoms with Crippen LogP contribution in [-0.2, 0) is 4.79 Å². The first-order valence-corrected chi connectivity index (χ1v) is 10.8. The number of benzene rings is 1. The lowest BCUT2D eigenvalue weighted by atomic mass is 10.0. The van der Waals surface area contributed by atoms with Crippen LogP contribution in [0.4, 0.5) is 20.3 Å². The Labute approximate surface area is 187 Å². The van der Waals surface area contributed by atoms with Crippen molar-refractivity contribution in [3.05, 3.63) is 41.6 Å². The topological polar surface area (TPSA) is 78.3 Å². The number of aromatic nitrogens is 4. The quantitative estimate of drug-likeness (QED) is 0.434. The summed E-state index contributed by atoms with van der Waals surface area (Å²) in [4.78, 5) is 18.3. The van der Waals surface area contributed by atoms with Gasteiger partial charge in [0.15, 0.2) is 11.6 Å². The van der Waals surface area contributed by atoms with E-state index in [0.29, 0.717) is 52.3 Å². The SMILES string of the molecule is CCN(CC)c1c(F)c(Cl)c(-c2ccc3nc(NC(=O)[C@@H]4C[C@@H]4F)cn3c2)c2cn[nH]c12. The third-order valence-electron chi connectivity index (χ3n) is 5.89. The van der Waals surface area contributed by atoms with Gasteiger partial charge in [0.25, 0.3) is 0 Å². The van der Waals surface area contributed by atoms with Crippen LogP contribution < -0.4 is 10.2 Å². The smallest absolute Gasteiger partial charge is 0.231 e. The summed E-state index contributed by atoms with van der Waals surface area (Å²) in [6, 6.07) is 3.54. The van der Waals surface area contributed by atoms with Crippen LogP contribution in [0.1, 0.15) is 20.3 Å². The lowest BCUT2D eigenvalue weighted by molar-refractivity contribution is -0.117. The molecule has 1 saturated carbocycles. The maximum Gasteiger partial charge on any atom is 0.231 e. The van der Waals surface area contributed by atoms with Crippen molar-refractivity contribution >= 4 is 45.6 Å². The average Bonchev–Trinajstić information content (AvgIpc) is 3.15. The molecule has 0 radical (unpaired) electrons. The summed E-state index contributed by atoms with van der Waals surface area (Å²) in [6.07, 6.45) is 4.20. The Morgan fingerprint density at radius 3 is 2.78 bits per heavy atom. The first kappa shape index (κ1) is 20.7. The average molecular weight is 459 g/mol. The fourth-order valence-electron chi connectivity index (χ4n) is 4.07. The molecule has 2 N–H and O–H groups in total. The summed E-state index contributed by atoms with van der Waals surface area (Å²) in [6.45, 7) is 5.15. The Morgan fingerprint density at radius 2 is 2.09 bits per heavy atom. The molecule has 1 fully saturated rings. The van der Waals surface area contributed by atoms with Crippen molar-refractivity contribution in [2.45, 2.75) is 26.4 Å². The van der Waals surface area contributed by atoms with Gasteiger partial charge >= 0.3 is 0 Å². The van der Waals surface area contributed by atoms with E-state index in [1.54, 1.807) is 35.1 Å². The van der Waals surface area contributed by atoms with E-state index in [4.69, 9.17) is 11.6 Å². The van der Waals surface area contributed by atoms with E-state index in [1.165, 1.54) is 0 Å². The highest BCUT2D eigenvalue weighted by Crippen LogP contribution is 2.42. The Morgan fingerprint density at radius 1 is 1.34 bits per heavy atom. The zero-order valence-electron chi connectivity index (χ0n) is 17.5. The van der Waals surface area contributed by atoms with Gasteiger partial charge in [-0.1, -0.05) is 11.6 Å². The predicted molar refractivity (Wildman–Crippen MR) is 120 cm³/mol. The second-order valence-corrected chi connectivity index (χ2v) is 8.22. The molecule has 3 heterocycles. The minimum absolute atomic E-state index is 0.0107. The molecular formula is C22H21ClF2N6O. The number of fused-ring (bicyclic) bond motifs is 2. The fourth-order valence-corrected chi connectivity index (χ4v) is 4.37. The van der Waals surface area contributed by atoms with Crippen LogP contribution in [0, 0.1) is 11.7 Å². The third-order valence-corrected chi connectivity index (χ3v) is 6.24. The number of pyridine rings is 1. The highest BCUT2D eigenvalue weighted by Gasteiger charge is 2.43. The Bertz CT molecular complexity index is 1350. The van der Waals surface area contributed by atoms with Crippen LogP contribution in [0.3, 0.4) is 0 Å². The molecule has 1 aromatic carbocycles. The second kappa shape index (κ2) is 7.74. The molecular weight excluding hydrogens is 438 g/mol. The van der Waals surface area contributed by atoms with E-state index in [1.807, 2.05) is 18.7 Å². The lowest BCUT2D eigenvalue weighted by Gasteiger charge is -2.24. The van der Waals surface area contributed by atoms with Gasteiger partial charge in [-0.2, -0.15) is 5.10 Å². The maximum absolute atomic E-state index is 15.4. The highest BCUT2D eigenvalue weighted by molar-refractivity contribution is 6.36. The molecule has 0 spiro atoms. The molecule has 7 nitrogen and oxygen atoms in total. The molecule has 4 aromatic rings. The monoisotopic (exact) mass is 458 g/mol. The van der Waals surface area contributed by atoms with Gasteiger partial charge in [0, 0.05) is 35.8 Å². The number of carbonyl (C=O) groups is 1. The molecule has 3 aromatic heterocycles. The van der Waals surface area contributed by atoms with Crippen LogP contribution in [0.15, 0.2) is 30.7 Å². The number of alkyl halides is 1. The number of anilines is 2. The number of carbonyl (C=O) groups excluding carboxylic acids is 1. The first-order valence-electron chi connectivity index (χ1n) is 10.5. The Balaban J connectivity index is 1.58. The third kappa shape index (κ3) is 3.28. The van der Waals surface area contributed by atoms with E-state index in [-0.39, 0.29) is 17.4 Å². The summed E-state index contributed by atoms with van der Waals surface area (Å²) >= 11 is 6.55. The number of aromatic amines is 1. The van der Waals surface area contributed by atoms with Crippen LogP contribution in [0.5, 0.6) is 0 Å². The standard InChI is InChI=1S/C22H21ClF2N6O/c1-3-30(4-2)21-19(25)18(23)17(13-8-26-29-20(13)21)11-5-6-16-27-15(10-31(16)9-11)28-22(32)12-7-14(12)24/h5-6,8-10,12,14H,3-4,7H2,1-2H3,(H,26,29)(H,28,32)/t12-,14+/m1/s1. The Hall–Kier alpha value is -3.20. The first-order chi connectivity index (χ1) is 15.4. The van der Waals surface area contributed by atoms with Crippen molar-refractivity contribution in [3.8, 4) is 11.1 Å². The molecule has 0 unspecified atom stereocenters. The fraction of sp³-hybridized carbons (Fsp3) is 0.318. The van der Waals surface area contributed by atoms with Crippen molar-refractivity contribution in [1.82, 2.24) is 19.6 Å². The van der Waals surface area contributed by atoms with Crippen molar-refractivity contribution in [3.63, 3.8) is 0 Å². The van der Waals surface area contributed by atoms with Gasteiger partial charge < -0.3 is 14.6 Å². The summed E-state index contributed by atoms with van der Waals surface area (Å²) in [5.41, 5.74) is 2.74. The molecule has 1 amide bonds. The minimum Gasteiger partial charge on any atom is -0.368 e. The molecule has 0 aliphatic heterocycles. The van der Waals surface area contributed by atoms with E-state index in [2.05, 4.69) is 20.5 Å². The van der Waals surface area contributed by atoms with Crippen molar-refractivity contribution < 1.29 is 13.6 Å². The minimum atomic E-state index is -1.08. The van der Waals surface area contributed by atoms with Crippen molar-refractivity contribution in [2.24, 2.45) is 5.92 Å². The van der Waals surface area contributed by atoms with E-state index in [9.17, 15) is 9.18 Å². The molecule has 0 saturated heterocycles. The summed E-state index contributed by atoms with van der Waals surface area (Å²) < 4.78 is 30.3. The van der Waals surface area contributed by atoms with Crippen LogP contribution in [0.2, 0.25) is 5.02 Å². The predicted octanol–water partition coefficient (Wildman–Crippen LogP) is 4.81. The summed E-state index contributed by atoms with van der Waals surface area (Å²) in [5.74, 6) is -1.16. The molecule has 2 atom stereocenters. The normalized spacial score (nSPS) is 17.8. The second-order valence-electron chi connectivity index (χ2n) is 7.84. The van der Waals surface area contributed by atoms with Crippen molar-refractivity contribution in [2.75, 3.05) is 23.3 Å². The zero-order chi connectivity index (χ0) is 22.6. The molecule has 166 valence electrons. The lowest BCUT2D eigenvalue weighted by Crippen LogP contribution is -2.23. The van der Waals surface area contributed by atoms with Gasteiger partial charge in [-0.3, -0.25) is 9.89 Å². The van der Waals surface area contributed by atoms with Gasteiger partial charge in [0.1, 0.15) is 17.5 Å². The van der Waals surface area contributed by atoms with Crippen LogP contribution in [-0.4, -0.2) is 44.8 Å². The molecule has 10 heteroatoms. The van der Waals surface area contributed by atoms with Gasteiger partial charge in [-0.25, -0.2) is 13.8 Å². The number of amides is 1. The number of rotatable bonds is 6.